The molecule has 3 rings (SSSR count). The molecule has 6 heteroatoms. The van der Waals surface area contributed by atoms with Crippen molar-refractivity contribution in [1.82, 2.24) is 0 Å². The number of benzene rings is 3. The Kier molecular flexibility index (Phi) is 6.34. The van der Waals surface area contributed by atoms with Crippen LogP contribution >= 0.6 is 23.2 Å². The lowest BCUT2D eigenvalue weighted by molar-refractivity contribution is 0.0697. The highest BCUT2D eigenvalue weighted by Crippen LogP contribution is 2.34. The largest absolute Gasteiger partial charge is 0.486 e. The predicted molar refractivity (Wildman–Crippen MR) is 113 cm³/mol. The van der Waals surface area contributed by atoms with Gasteiger partial charge in [0.2, 0.25) is 0 Å². The summed E-state index contributed by atoms with van der Waals surface area (Å²) in [7, 11) is 0. The fourth-order valence-corrected chi connectivity index (χ4v) is 3.08. The Morgan fingerprint density at radius 1 is 1.04 bits per heavy atom. The first-order chi connectivity index (χ1) is 13.4. The van der Waals surface area contributed by atoms with E-state index in [2.05, 4.69) is 4.99 Å². The first-order valence-electron chi connectivity index (χ1n) is 8.47. The van der Waals surface area contributed by atoms with Crippen LogP contribution in [0.4, 0.5) is 5.69 Å². The predicted octanol–water partition coefficient (Wildman–Crippen LogP) is 6.33. The number of aliphatic imine (C=N–C) groups is 1. The van der Waals surface area contributed by atoms with Crippen molar-refractivity contribution >= 4 is 41.1 Å². The normalized spacial score (nSPS) is 11.0. The average Bonchev–Trinajstić information content (AvgIpc) is 2.67. The lowest BCUT2D eigenvalue weighted by atomic mass is 10.1. The van der Waals surface area contributed by atoms with Crippen molar-refractivity contribution in [2.75, 3.05) is 0 Å². The molecule has 3 aromatic carbocycles. The molecule has 0 aliphatic rings. The number of carbonyl (C=O) groups is 1. The average molecular weight is 414 g/mol. The molecule has 0 atom stereocenters. The first kappa shape index (κ1) is 19.9. The Bertz CT molecular complexity index is 990. The molecule has 0 unspecified atom stereocenters. The highest BCUT2D eigenvalue weighted by Gasteiger charge is 2.10. The number of rotatable bonds is 6. The van der Waals surface area contributed by atoms with Gasteiger partial charge in [0.15, 0.2) is 5.75 Å². The molecule has 1 N–H and O–H groups in total. The van der Waals surface area contributed by atoms with Crippen LogP contribution in [0.2, 0.25) is 10.0 Å². The smallest absolute Gasteiger partial charge is 0.335 e. The summed E-state index contributed by atoms with van der Waals surface area (Å²) in [6, 6.07) is 17.7. The van der Waals surface area contributed by atoms with Gasteiger partial charge in [0.05, 0.1) is 21.3 Å². The molecule has 0 radical (unpaired) electrons. The van der Waals surface area contributed by atoms with Gasteiger partial charge in [-0.3, -0.25) is 4.99 Å². The molecule has 0 aliphatic heterocycles. The lowest BCUT2D eigenvalue weighted by Crippen LogP contribution is -2.00. The fourth-order valence-electron chi connectivity index (χ4n) is 2.47. The molecule has 4 nitrogen and oxygen atoms in total. The minimum Gasteiger partial charge on any atom is -0.486 e. The molecule has 142 valence electrons. The van der Waals surface area contributed by atoms with E-state index in [1.807, 2.05) is 31.2 Å². The summed E-state index contributed by atoms with van der Waals surface area (Å²) in [5.74, 6) is -0.598. The number of nitrogens with zero attached hydrogens (tertiary/aromatic N) is 1. The second-order valence-electron chi connectivity index (χ2n) is 6.20. The minimum absolute atomic E-state index is 0.218. The molecule has 0 heterocycles. The number of hydrogen-bond donors (Lipinski definition) is 1. The molecule has 0 aliphatic carbocycles. The van der Waals surface area contributed by atoms with Crippen molar-refractivity contribution < 1.29 is 14.6 Å². The van der Waals surface area contributed by atoms with Crippen LogP contribution in [0.25, 0.3) is 0 Å². The Balaban J connectivity index is 1.71. The van der Waals surface area contributed by atoms with E-state index in [9.17, 15) is 4.79 Å². The second-order valence-corrected chi connectivity index (χ2v) is 7.01. The zero-order chi connectivity index (χ0) is 20.1. The Morgan fingerprint density at radius 3 is 2.21 bits per heavy atom. The Labute approximate surface area is 173 Å². The molecule has 0 aromatic heterocycles. The van der Waals surface area contributed by atoms with E-state index in [0.717, 1.165) is 16.8 Å². The van der Waals surface area contributed by atoms with Crippen LogP contribution in [-0.4, -0.2) is 17.3 Å². The van der Waals surface area contributed by atoms with Gasteiger partial charge in [-0.2, -0.15) is 0 Å². The lowest BCUT2D eigenvalue weighted by Gasteiger charge is -2.11. The molecular weight excluding hydrogens is 397 g/mol. The molecule has 0 saturated heterocycles. The van der Waals surface area contributed by atoms with Gasteiger partial charge in [0, 0.05) is 6.21 Å². The van der Waals surface area contributed by atoms with Crippen LogP contribution < -0.4 is 4.74 Å². The molecule has 3 aromatic rings. The third-order valence-electron chi connectivity index (χ3n) is 4.00. The second kappa shape index (κ2) is 8.91. The number of carboxylic acid groups (broad SMARTS) is 1. The monoisotopic (exact) mass is 413 g/mol. The maximum atomic E-state index is 10.9. The van der Waals surface area contributed by atoms with E-state index >= 15 is 0 Å². The maximum Gasteiger partial charge on any atom is 0.335 e. The summed E-state index contributed by atoms with van der Waals surface area (Å²) >= 11 is 12.6. The number of aryl methyl sites for hydroxylation is 1. The zero-order valence-corrected chi connectivity index (χ0v) is 16.5. The Hall–Kier alpha value is -2.82. The van der Waals surface area contributed by atoms with Gasteiger partial charge in [0.25, 0.3) is 0 Å². The quantitative estimate of drug-likeness (QED) is 0.480. The van der Waals surface area contributed by atoms with Gasteiger partial charge in [-0.1, -0.05) is 53.0 Å². The number of hydrogen-bond acceptors (Lipinski definition) is 3. The molecule has 0 fully saturated rings. The van der Waals surface area contributed by atoms with Crippen LogP contribution in [0.5, 0.6) is 5.75 Å². The summed E-state index contributed by atoms with van der Waals surface area (Å²) in [4.78, 5) is 15.3. The highest BCUT2D eigenvalue weighted by molar-refractivity contribution is 6.37. The fraction of sp³-hybridized carbons (Fsp3) is 0.0909. The van der Waals surface area contributed by atoms with Crippen molar-refractivity contribution in [3.63, 3.8) is 0 Å². The van der Waals surface area contributed by atoms with E-state index in [1.54, 1.807) is 30.5 Å². The maximum absolute atomic E-state index is 10.9. The van der Waals surface area contributed by atoms with E-state index in [4.69, 9.17) is 33.0 Å². The van der Waals surface area contributed by atoms with Gasteiger partial charge < -0.3 is 9.84 Å². The van der Waals surface area contributed by atoms with Crippen LogP contribution in [0.3, 0.4) is 0 Å². The molecule has 0 bridgehead atoms. The first-order valence-corrected chi connectivity index (χ1v) is 9.23. The topological polar surface area (TPSA) is 58.9 Å². The molecule has 0 saturated carbocycles. The van der Waals surface area contributed by atoms with Crippen molar-refractivity contribution in [1.29, 1.82) is 0 Å². The van der Waals surface area contributed by atoms with Crippen molar-refractivity contribution in [2.24, 2.45) is 4.99 Å². The summed E-state index contributed by atoms with van der Waals surface area (Å²) < 4.78 is 5.73. The molecule has 0 spiro atoms. The third-order valence-corrected chi connectivity index (χ3v) is 4.56. The van der Waals surface area contributed by atoms with E-state index in [0.29, 0.717) is 15.8 Å². The van der Waals surface area contributed by atoms with Crippen molar-refractivity contribution in [2.45, 2.75) is 13.5 Å². The number of ether oxygens (including phenoxy) is 1. The molecule has 28 heavy (non-hydrogen) atoms. The van der Waals surface area contributed by atoms with Crippen molar-refractivity contribution in [3.05, 3.63) is 93.0 Å². The van der Waals surface area contributed by atoms with E-state index < -0.39 is 5.97 Å². The van der Waals surface area contributed by atoms with Gasteiger partial charge in [0.1, 0.15) is 6.61 Å². The van der Waals surface area contributed by atoms with E-state index in [-0.39, 0.29) is 12.2 Å². The third kappa shape index (κ3) is 5.12. The van der Waals surface area contributed by atoms with Gasteiger partial charge in [-0.05, 0) is 54.4 Å². The molecule has 0 amide bonds. The summed E-state index contributed by atoms with van der Waals surface area (Å²) in [6.07, 6.45) is 1.69. The van der Waals surface area contributed by atoms with E-state index in [1.165, 1.54) is 17.7 Å². The van der Waals surface area contributed by atoms with Gasteiger partial charge in [-0.15, -0.1) is 0 Å². The number of halogens is 2. The SMILES string of the molecule is Cc1ccc(N=Cc2cc(Cl)c(OCc3ccc(C(=O)O)cc3)c(Cl)c2)cc1. The number of aromatic carboxylic acids is 1. The van der Waals surface area contributed by atoms with Gasteiger partial charge in [-0.25, -0.2) is 4.79 Å². The standard InChI is InChI=1S/C22H17Cl2NO3/c1-14-2-8-18(9-3-14)25-12-16-10-19(23)21(20(24)11-16)28-13-15-4-6-17(7-5-15)22(26)27/h2-12H,13H2,1H3,(H,26,27). The zero-order valence-electron chi connectivity index (χ0n) is 15.0. The highest BCUT2D eigenvalue weighted by atomic mass is 35.5. The molecular formula is C22H17Cl2NO3. The minimum atomic E-state index is -0.971. The van der Waals surface area contributed by atoms with Crippen LogP contribution in [0.1, 0.15) is 27.0 Å². The van der Waals surface area contributed by atoms with Gasteiger partial charge >= 0.3 is 5.97 Å². The Morgan fingerprint density at radius 2 is 1.64 bits per heavy atom. The summed E-state index contributed by atoms with van der Waals surface area (Å²) in [6.45, 7) is 2.24. The van der Waals surface area contributed by atoms with Crippen LogP contribution in [0.15, 0.2) is 65.7 Å². The number of carboxylic acids is 1. The van der Waals surface area contributed by atoms with Crippen LogP contribution in [-0.2, 0) is 6.61 Å². The van der Waals surface area contributed by atoms with Crippen molar-refractivity contribution in [3.8, 4) is 5.75 Å². The van der Waals surface area contributed by atoms with Crippen LogP contribution in [0, 0.1) is 6.92 Å². The summed E-state index contributed by atoms with van der Waals surface area (Å²) in [5.41, 5.74) is 3.79. The summed E-state index contributed by atoms with van der Waals surface area (Å²) in [5, 5.41) is 9.68.